The predicted molar refractivity (Wildman–Crippen MR) is 35.7 cm³/mol. The van der Waals surface area contributed by atoms with E-state index in [-0.39, 0.29) is 13.0 Å². The Kier molecular flexibility index (Phi) is 4.72. The Labute approximate surface area is 63.7 Å². The maximum Gasteiger partial charge on any atom is 0.315 e. The molecule has 0 heterocycles. The molecule has 0 aromatic rings. The summed E-state index contributed by atoms with van der Waals surface area (Å²) in [4.78, 5) is 30.7. The number of hydrogen-bond donors (Lipinski definition) is 1. The number of amides is 1. The second-order valence-corrected chi connectivity index (χ2v) is 1.72. The summed E-state index contributed by atoms with van der Waals surface area (Å²) in [6.45, 7) is -0.0736. The molecule has 0 radical (unpaired) electrons. The van der Waals surface area contributed by atoms with E-state index in [1.54, 1.807) is 0 Å². The molecule has 0 aliphatic heterocycles. The van der Waals surface area contributed by atoms with Crippen LogP contribution in [0, 0.1) is 0 Å². The summed E-state index contributed by atoms with van der Waals surface area (Å²) in [5.41, 5.74) is 0. The number of ether oxygens (including phenoxy) is 1. The quantitative estimate of drug-likeness (QED) is 0.320. The highest BCUT2D eigenvalue weighted by Gasteiger charge is 2.07. The minimum atomic E-state index is -0.617. The predicted octanol–water partition coefficient (Wildman–Crippen LogP) is -1.14. The molecule has 62 valence electrons. The Morgan fingerprint density at radius 2 is 2.18 bits per heavy atom. The summed E-state index contributed by atoms with van der Waals surface area (Å²) >= 11 is 0. The SMILES string of the molecule is COC(=O)CC(=O)NCC=O. The number of aldehydes is 1. The van der Waals surface area contributed by atoms with Gasteiger partial charge in [0.15, 0.2) is 0 Å². The summed E-state index contributed by atoms with van der Waals surface area (Å²) in [5, 5.41) is 2.19. The highest BCUT2D eigenvalue weighted by Crippen LogP contribution is 1.82. The minimum absolute atomic E-state index is 0.0736. The van der Waals surface area contributed by atoms with Crippen LogP contribution >= 0.6 is 0 Å². The highest BCUT2D eigenvalue weighted by molar-refractivity contribution is 5.94. The smallest absolute Gasteiger partial charge is 0.315 e. The molecular weight excluding hydrogens is 150 g/mol. The van der Waals surface area contributed by atoms with Gasteiger partial charge in [-0.05, 0) is 0 Å². The first-order chi connectivity index (χ1) is 5.20. The third-order valence-electron chi connectivity index (χ3n) is 0.915. The van der Waals surface area contributed by atoms with Crippen molar-refractivity contribution in [1.82, 2.24) is 5.32 Å². The largest absolute Gasteiger partial charge is 0.469 e. The van der Waals surface area contributed by atoms with Gasteiger partial charge in [0.25, 0.3) is 0 Å². The van der Waals surface area contributed by atoms with Gasteiger partial charge in [-0.2, -0.15) is 0 Å². The zero-order valence-corrected chi connectivity index (χ0v) is 6.12. The number of rotatable bonds is 4. The van der Waals surface area contributed by atoms with Gasteiger partial charge in [-0.1, -0.05) is 0 Å². The van der Waals surface area contributed by atoms with Gasteiger partial charge in [0.1, 0.15) is 12.7 Å². The van der Waals surface area contributed by atoms with Crippen molar-refractivity contribution in [2.75, 3.05) is 13.7 Å². The van der Waals surface area contributed by atoms with Crippen molar-refractivity contribution in [2.24, 2.45) is 0 Å². The van der Waals surface area contributed by atoms with E-state index in [4.69, 9.17) is 0 Å². The number of esters is 1. The molecule has 1 N–H and O–H groups in total. The first-order valence-corrected chi connectivity index (χ1v) is 2.98. The van der Waals surface area contributed by atoms with Crippen LogP contribution in [0.1, 0.15) is 6.42 Å². The van der Waals surface area contributed by atoms with Crippen LogP contribution in [-0.4, -0.2) is 31.8 Å². The fourth-order valence-corrected chi connectivity index (χ4v) is 0.421. The lowest BCUT2D eigenvalue weighted by atomic mass is 10.4. The van der Waals surface area contributed by atoms with E-state index in [2.05, 4.69) is 10.1 Å². The van der Waals surface area contributed by atoms with Gasteiger partial charge in [-0.15, -0.1) is 0 Å². The molecule has 0 aliphatic rings. The van der Waals surface area contributed by atoms with E-state index in [1.807, 2.05) is 0 Å². The Bertz CT molecular complexity index is 166. The molecule has 11 heavy (non-hydrogen) atoms. The van der Waals surface area contributed by atoms with Crippen molar-refractivity contribution >= 4 is 18.2 Å². The Hall–Kier alpha value is -1.39. The number of methoxy groups -OCH3 is 1. The van der Waals surface area contributed by atoms with Crippen LogP contribution in [0.5, 0.6) is 0 Å². The van der Waals surface area contributed by atoms with Crippen LogP contribution in [0.25, 0.3) is 0 Å². The van der Waals surface area contributed by atoms with Crippen LogP contribution < -0.4 is 5.32 Å². The number of carbonyl (C=O) groups excluding carboxylic acids is 3. The van der Waals surface area contributed by atoms with Crippen molar-refractivity contribution < 1.29 is 19.1 Å². The fraction of sp³-hybridized carbons (Fsp3) is 0.500. The molecule has 0 saturated carbocycles. The first kappa shape index (κ1) is 9.61. The Morgan fingerprint density at radius 3 is 2.64 bits per heavy atom. The van der Waals surface area contributed by atoms with Crippen LogP contribution in [0.15, 0.2) is 0 Å². The highest BCUT2D eigenvalue weighted by atomic mass is 16.5. The van der Waals surface area contributed by atoms with Gasteiger partial charge in [0.2, 0.25) is 5.91 Å². The summed E-state index contributed by atoms with van der Waals surface area (Å²) < 4.78 is 4.21. The molecule has 0 spiro atoms. The maximum absolute atomic E-state index is 10.6. The second-order valence-electron chi connectivity index (χ2n) is 1.72. The number of carbonyl (C=O) groups is 3. The number of nitrogens with one attached hydrogen (secondary N) is 1. The molecular formula is C6H9NO4. The molecule has 0 aromatic carbocycles. The van der Waals surface area contributed by atoms with Gasteiger partial charge >= 0.3 is 5.97 Å². The molecule has 0 rings (SSSR count). The molecule has 0 saturated heterocycles. The Morgan fingerprint density at radius 1 is 1.55 bits per heavy atom. The van der Waals surface area contributed by atoms with E-state index in [0.29, 0.717) is 6.29 Å². The third-order valence-corrected chi connectivity index (χ3v) is 0.915. The summed E-state index contributed by atoms with van der Waals surface area (Å²) in [6.07, 6.45) is 0.194. The zero-order chi connectivity index (χ0) is 8.69. The lowest BCUT2D eigenvalue weighted by Crippen LogP contribution is -2.27. The maximum atomic E-state index is 10.6. The van der Waals surface area contributed by atoms with E-state index < -0.39 is 11.9 Å². The van der Waals surface area contributed by atoms with E-state index in [1.165, 1.54) is 7.11 Å². The van der Waals surface area contributed by atoms with Gasteiger partial charge in [0, 0.05) is 0 Å². The van der Waals surface area contributed by atoms with Crippen molar-refractivity contribution in [2.45, 2.75) is 6.42 Å². The van der Waals surface area contributed by atoms with Crippen molar-refractivity contribution in [3.8, 4) is 0 Å². The van der Waals surface area contributed by atoms with Gasteiger partial charge in [0.05, 0.1) is 13.7 Å². The molecule has 0 aromatic heterocycles. The lowest BCUT2D eigenvalue weighted by Gasteiger charge is -1.98. The van der Waals surface area contributed by atoms with Crippen LogP contribution in [0.3, 0.4) is 0 Å². The average molecular weight is 159 g/mol. The van der Waals surface area contributed by atoms with Gasteiger partial charge in [-0.25, -0.2) is 0 Å². The topological polar surface area (TPSA) is 72.5 Å². The van der Waals surface area contributed by atoms with Gasteiger partial charge in [-0.3, -0.25) is 9.59 Å². The minimum Gasteiger partial charge on any atom is -0.469 e. The first-order valence-electron chi connectivity index (χ1n) is 2.98. The third kappa shape index (κ3) is 5.07. The van der Waals surface area contributed by atoms with E-state index in [0.717, 1.165) is 0 Å². The standard InChI is InChI=1S/C6H9NO4/c1-11-6(10)4-5(9)7-2-3-8/h3H,2,4H2,1H3,(H,7,9). The Balaban J connectivity index is 3.51. The lowest BCUT2D eigenvalue weighted by molar-refractivity contribution is -0.144. The van der Waals surface area contributed by atoms with Crippen LogP contribution in [0.4, 0.5) is 0 Å². The molecule has 1 amide bonds. The normalized spacial score (nSPS) is 8.45. The summed E-state index contributed by atoms with van der Waals surface area (Å²) in [7, 11) is 1.19. The molecule has 0 atom stereocenters. The van der Waals surface area contributed by atoms with E-state index >= 15 is 0 Å². The molecule has 0 fully saturated rings. The average Bonchev–Trinajstić information content (AvgIpc) is 2.00. The zero-order valence-electron chi connectivity index (χ0n) is 6.12. The van der Waals surface area contributed by atoms with Crippen molar-refractivity contribution in [1.29, 1.82) is 0 Å². The molecule has 0 aliphatic carbocycles. The van der Waals surface area contributed by atoms with E-state index in [9.17, 15) is 14.4 Å². The molecule has 0 unspecified atom stereocenters. The van der Waals surface area contributed by atoms with Crippen molar-refractivity contribution in [3.05, 3.63) is 0 Å². The molecule has 5 heteroatoms. The van der Waals surface area contributed by atoms with Gasteiger partial charge < -0.3 is 14.8 Å². The molecule has 5 nitrogen and oxygen atoms in total. The fourth-order valence-electron chi connectivity index (χ4n) is 0.421. The summed E-state index contributed by atoms with van der Waals surface area (Å²) in [5.74, 6) is -1.13. The summed E-state index contributed by atoms with van der Waals surface area (Å²) in [6, 6.07) is 0. The molecule has 0 bridgehead atoms. The second kappa shape index (κ2) is 5.40. The van der Waals surface area contributed by atoms with Crippen molar-refractivity contribution in [3.63, 3.8) is 0 Å². The number of hydrogen-bond acceptors (Lipinski definition) is 4. The van der Waals surface area contributed by atoms with Crippen LogP contribution in [-0.2, 0) is 19.1 Å². The van der Waals surface area contributed by atoms with Crippen LogP contribution in [0.2, 0.25) is 0 Å². The monoisotopic (exact) mass is 159 g/mol.